The fraction of sp³-hybridized carbons (Fsp3) is 0.500. The molecule has 142 valence electrons. The molecule has 0 aliphatic heterocycles. The van der Waals surface area contributed by atoms with Crippen LogP contribution >= 0.6 is 11.3 Å². The van der Waals surface area contributed by atoms with Crippen LogP contribution in [-0.2, 0) is 13.1 Å². The summed E-state index contributed by atoms with van der Waals surface area (Å²) in [6, 6.07) is 11.1. The predicted molar refractivity (Wildman–Crippen MR) is 112 cm³/mol. The van der Waals surface area contributed by atoms with E-state index in [0.717, 1.165) is 37.7 Å². The molecule has 0 saturated carbocycles. The summed E-state index contributed by atoms with van der Waals surface area (Å²) in [5.41, 5.74) is 4.31. The topological polar surface area (TPSA) is 52.6 Å². The predicted octanol–water partition coefficient (Wildman–Crippen LogP) is 3.42. The smallest absolute Gasteiger partial charge is 0.191 e. The highest BCUT2D eigenvalue weighted by molar-refractivity contribution is 7.09. The lowest BCUT2D eigenvalue weighted by Crippen LogP contribution is -2.40. The van der Waals surface area contributed by atoms with E-state index >= 15 is 0 Å². The van der Waals surface area contributed by atoms with Crippen molar-refractivity contribution >= 4 is 17.3 Å². The molecule has 0 saturated heterocycles. The summed E-state index contributed by atoms with van der Waals surface area (Å²) in [7, 11) is 2.18. The molecule has 0 aliphatic rings. The Hall–Kier alpha value is -1.92. The van der Waals surface area contributed by atoms with Gasteiger partial charge in [-0.3, -0.25) is 4.90 Å². The molecule has 2 N–H and O–H groups in total. The fourth-order valence-corrected chi connectivity index (χ4v) is 3.32. The molecule has 0 fully saturated rings. The Labute approximate surface area is 161 Å². The van der Waals surface area contributed by atoms with Crippen LogP contribution in [0.1, 0.15) is 36.4 Å². The average Bonchev–Trinajstić information content (AvgIpc) is 3.05. The number of hydrogen-bond donors (Lipinski definition) is 2. The number of nitrogens with zero attached hydrogens (tertiary/aromatic N) is 3. The quantitative estimate of drug-likeness (QED) is 0.522. The number of aliphatic imine (C=N–C) groups is 1. The Morgan fingerprint density at radius 3 is 2.69 bits per heavy atom. The fourth-order valence-electron chi connectivity index (χ4n) is 2.62. The lowest BCUT2D eigenvalue weighted by atomic mass is 10.1. The van der Waals surface area contributed by atoms with Gasteiger partial charge < -0.3 is 10.6 Å². The van der Waals surface area contributed by atoms with Crippen molar-refractivity contribution in [2.75, 3.05) is 20.1 Å². The van der Waals surface area contributed by atoms with Crippen LogP contribution in [0.25, 0.3) is 0 Å². The maximum absolute atomic E-state index is 4.68. The van der Waals surface area contributed by atoms with Gasteiger partial charge in [0.25, 0.3) is 0 Å². The zero-order valence-electron chi connectivity index (χ0n) is 16.3. The molecule has 0 bridgehead atoms. The second-order valence-electron chi connectivity index (χ2n) is 6.52. The summed E-state index contributed by atoms with van der Waals surface area (Å²) in [5.74, 6) is 0.873. The maximum Gasteiger partial charge on any atom is 0.191 e. The normalized spacial score (nSPS) is 13.0. The third-order valence-electron chi connectivity index (χ3n) is 4.45. The third kappa shape index (κ3) is 6.77. The standard InChI is InChI=1S/C20H31N5S/c1-5-21-20(23-13-19-17(3)24-15-26-19)22-12-11-16(2)25(4)14-18-9-7-6-8-10-18/h6-10,15-16H,5,11-14H2,1-4H3,(H2,21,22,23). The molecule has 0 amide bonds. The molecule has 2 aromatic rings. The third-order valence-corrected chi connectivity index (χ3v) is 5.37. The van der Waals surface area contributed by atoms with Crippen molar-refractivity contribution in [2.45, 2.75) is 46.3 Å². The molecule has 0 radical (unpaired) electrons. The summed E-state index contributed by atoms with van der Waals surface area (Å²) < 4.78 is 0. The molecule has 26 heavy (non-hydrogen) atoms. The molecule has 1 unspecified atom stereocenters. The molecule has 0 aliphatic carbocycles. The molecule has 5 nitrogen and oxygen atoms in total. The summed E-state index contributed by atoms with van der Waals surface area (Å²) in [6.45, 7) is 9.80. The number of rotatable bonds is 9. The lowest BCUT2D eigenvalue weighted by Gasteiger charge is -2.25. The Bertz CT molecular complexity index is 668. The van der Waals surface area contributed by atoms with Crippen molar-refractivity contribution < 1.29 is 0 Å². The minimum Gasteiger partial charge on any atom is -0.357 e. The molecule has 1 heterocycles. The van der Waals surface area contributed by atoms with Gasteiger partial charge in [-0.25, -0.2) is 9.98 Å². The average molecular weight is 374 g/mol. The Morgan fingerprint density at radius 2 is 2.04 bits per heavy atom. The summed E-state index contributed by atoms with van der Waals surface area (Å²) in [4.78, 5) is 12.6. The van der Waals surface area contributed by atoms with E-state index < -0.39 is 0 Å². The molecular weight excluding hydrogens is 342 g/mol. The van der Waals surface area contributed by atoms with Crippen LogP contribution in [-0.4, -0.2) is 42.0 Å². The van der Waals surface area contributed by atoms with Crippen molar-refractivity contribution in [1.29, 1.82) is 0 Å². The maximum atomic E-state index is 4.68. The first-order valence-corrected chi connectivity index (χ1v) is 10.1. The minimum absolute atomic E-state index is 0.495. The van der Waals surface area contributed by atoms with E-state index in [2.05, 4.69) is 76.7 Å². The SMILES string of the molecule is CCNC(=NCc1scnc1C)NCCC(C)N(C)Cc1ccccc1. The highest BCUT2D eigenvalue weighted by Crippen LogP contribution is 2.13. The number of nitrogens with one attached hydrogen (secondary N) is 2. The molecule has 6 heteroatoms. The lowest BCUT2D eigenvalue weighted by molar-refractivity contribution is 0.238. The number of benzene rings is 1. The van der Waals surface area contributed by atoms with Crippen LogP contribution in [0, 0.1) is 6.92 Å². The first kappa shape index (κ1) is 20.4. The van der Waals surface area contributed by atoms with Crippen molar-refractivity contribution in [1.82, 2.24) is 20.5 Å². The van der Waals surface area contributed by atoms with Crippen molar-refractivity contribution in [3.05, 3.63) is 52.0 Å². The molecule has 1 aromatic heterocycles. The van der Waals surface area contributed by atoms with Gasteiger partial charge >= 0.3 is 0 Å². The van der Waals surface area contributed by atoms with Gasteiger partial charge in [0.1, 0.15) is 0 Å². The van der Waals surface area contributed by atoms with Gasteiger partial charge in [-0.15, -0.1) is 11.3 Å². The molecule has 1 atom stereocenters. The zero-order chi connectivity index (χ0) is 18.8. The summed E-state index contributed by atoms with van der Waals surface area (Å²) in [5, 5.41) is 6.77. The highest BCUT2D eigenvalue weighted by atomic mass is 32.1. The van der Waals surface area contributed by atoms with Gasteiger partial charge in [-0.05, 0) is 39.8 Å². The van der Waals surface area contributed by atoms with Crippen molar-refractivity contribution in [3.8, 4) is 0 Å². The van der Waals surface area contributed by atoms with Crippen LogP contribution in [0.15, 0.2) is 40.8 Å². The molecule has 0 spiro atoms. The second kappa shape index (κ2) is 10.9. The van der Waals surface area contributed by atoms with Crippen LogP contribution in [0.3, 0.4) is 0 Å². The molecular formula is C20H31N5S. The number of aryl methyl sites for hydroxylation is 1. The molecule has 2 rings (SSSR count). The minimum atomic E-state index is 0.495. The van der Waals surface area contributed by atoms with Gasteiger partial charge in [-0.1, -0.05) is 30.3 Å². The van der Waals surface area contributed by atoms with Crippen LogP contribution < -0.4 is 10.6 Å². The molecule has 1 aromatic carbocycles. The Balaban J connectivity index is 1.78. The second-order valence-corrected chi connectivity index (χ2v) is 7.46. The van der Waals surface area contributed by atoms with Gasteiger partial charge in [-0.2, -0.15) is 0 Å². The van der Waals surface area contributed by atoms with Crippen LogP contribution in [0.2, 0.25) is 0 Å². The van der Waals surface area contributed by atoms with E-state index in [1.165, 1.54) is 10.4 Å². The number of hydrogen-bond acceptors (Lipinski definition) is 4. The zero-order valence-corrected chi connectivity index (χ0v) is 17.1. The number of thiazole rings is 1. The Morgan fingerprint density at radius 1 is 1.27 bits per heavy atom. The van der Waals surface area contributed by atoms with E-state index in [1.54, 1.807) is 11.3 Å². The summed E-state index contributed by atoms with van der Waals surface area (Å²) in [6.07, 6.45) is 1.06. The van der Waals surface area contributed by atoms with Crippen LogP contribution in [0.4, 0.5) is 0 Å². The van der Waals surface area contributed by atoms with Gasteiger partial charge in [0.05, 0.1) is 17.7 Å². The Kier molecular flexibility index (Phi) is 8.58. The largest absolute Gasteiger partial charge is 0.357 e. The van der Waals surface area contributed by atoms with Gasteiger partial charge in [0, 0.05) is 30.6 Å². The summed E-state index contributed by atoms with van der Waals surface area (Å²) >= 11 is 1.66. The van der Waals surface area contributed by atoms with Gasteiger partial charge in [0.15, 0.2) is 5.96 Å². The monoisotopic (exact) mass is 373 g/mol. The van der Waals surface area contributed by atoms with E-state index in [-0.39, 0.29) is 0 Å². The van der Waals surface area contributed by atoms with Gasteiger partial charge in [0.2, 0.25) is 0 Å². The van der Waals surface area contributed by atoms with Crippen molar-refractivity contribution in [2.24, 2.45) is 4.99 Å². The van der Waals surface area contributed by atoms with E-state index in [1.807, 2.05) is 12.4 Å². The first-order chi connectivity index (χ1) is 12.6. The van der Waals surface area contributed by atoms with Crippen molar-refractivity contribution in [3.63, 3.8) is 0 Å². The number of guanidine groups is 1. The number of aromatic nitrogens is 1. The van der Waals surface area contributed by atoms with E-state index in [9.17, 15) is 0 Å². The van der Waals surface area contributed by atoms with Crippen LogP contribution in [0.5, 0.6) is 0 Å². The highest BCUT2D eigenvalue weighted by Gasteiger charge is 2.10. The van der Waals surface area contributed by atoms with E-state index in [0.29, 0.717) is 12.6 Å². The first-order valence-electron chi connectivity index (χ1n) is 9.25. The van der Waals surface area contributed by atoms with E-state index in [4.69, 9.17) is 0 Å².